The van der Waals surface area contributed by atoms with Gasteiger partial charge in [-0.25, -0.2) is 9.48 Å². The van der Waals surface area contributed by atoms with Gasteiger partial charge in [-0.05, 0) is 12.0 Å². The summed E-state index contributed by atoms with van der Waals surface area (Å²) < 4.78 is 2.20. The van der Waals surface area contributed by atoms with Gasteiger partial charge in [-0.15, -0.1) is 5.10 Å². The fourth-order valence-corrected chi connectivity index (χ4v) is 2.06. The maximum Gasteiger partial charge on any atom is 0.346 e. The highest BCUT2D eigenvalue weighted by atomic mass is 16.2. The Morgan fingerprint density at radius 3 is 2.45 bits per heavy atom. The smallest absolute Gasteiger partial charge is 0.346 e. The largest absolute Gasteiger partial charge is 0.357 e. The summed E-state index contributed by atoms with van der Waals surface area (Å²) in [4.78, 5) is 23.7. The number of aryl methyl sites for hydroxylation is 1. The summed E-state index contributed by atoms with van der Waals surface area (Å²) in [6.07, 6.45) is 0.803. The summed E-state index contributed by atoms with van der Waals surface area (Å²) in [7, 11) is 2.97. The summed E-state index contributed by atoms with van der Waals surface area (Å²) in [5.41, 5.74) is 0.225. The Labute approximate surface area is 116 Å². The molecule has 0 spiro atoms. The molecule has 6 nitrogen and oxygen atoms in total. The number of aromatic nitrogens is 3. The van der Waals surface area contributed by atoms with Crippen molar-refractivity contribution in [2.75, 3.05) is 5.32 Å². The second kappa shape index (κ2) is 5.73. The van der Waals surface area contributed by atoms with Crippen molar-refractivity contribution in [2.45, 2.75) is 19.4 Å². The minimum absolute atomic E-state index is 0.0195. The van der Waals surface area contributed by atoms with Crippen molar-refractivity contribution in [2.24, 2.45) is 14.1 Å². The molecule has 0 radical (unpaired) electrons. The second-order valence-corrected chi connectivity index (χ2v) is 4.63. The second-order valence-electron chi connectivity index (χ2n) is 4.63. The van der Waals surface area contributed by atoms with Gasteiger partial charge in [0.05, 0.1) is 6.04 Å². The van der Waals surface area contributed by atoms with E-state index in [0.717, 1.165) is 21.2 Å². The predicted octanol–water partition coefficient (Wildman–Crippen LogP) is 1.04. The first-order valence-electron chi connectivity index (χ1n) is 6.50. The van der Waals surface area contributed by atoms with E-state index in [1.54, 1.807) is 0 Å². The van der Waals surface area contributed by atoms with Gasteiger partial charge < -0.3 is 5.32 Å². The molecule has 0 bridgehead atoms. The van der Waals surface area contributed by atoms with Gasteiger partial charge in [-0.1, -0.05) is 37.3 Å². The van der Waals surface area contributed by atoms with E-state index in [-0.39, 0.29) is 11.9 Å². The summed E-state index contributed by atoms with van der Waals surface area (Å²) in [5, 5.41) is 7.12. The van der Waals surface area contributed by atoms with E-state index in [9.17, 15) is 9.59 Å². The fourth-order valence-electron chi connectivity index (χ4n) is 2.06. The van der Waals surface area contributed by atoms with Gasteiger partial charge in [-0.2, -0.15) is 0 Å². The van der Waals surface area contributed by atoms with Crippen LogP contribution >= 0.6 is 0 Å². The zero-order valence-corrected chi connectivity index (χ0v) is 11.8. The van der Waals surface area contributed by atoms with Crippen molar-refractivity contribution in [1.82, 2.24) is 14.3 Å². The lowest BCUT2D eigenvalue weighted by molar-refractivity contribution is 0.597. The number of anilines is 1. The molecule has 2 rings (SSSR count). The van der Waals surface area contributed by atoms with Crippen LogP contribution in [0.25, 0.3) is 0 Å². The van der Waals surface area contributed by atoms with Gasteiger partial charge in [0.25, 0.3) is 5.56 Å². The molecule has 0 aliphatic heterocycles. The van der Waals surface area contributed by atoms with Crippen LogP contribution in [0.15, 0.2) is 39.9 Å². The molecule has 1 atom stereocenters. The predicted molar refractivity (Wildman–Crippen MR) is 77.8 cm³/mol. The van der Waals surface area contributed by atoms with Gasteiger partial charge in [0.2, 0.25) is 5.82 Å². The Kier molecular flexibility index (Phi) is 4.02. The van der Waals surface area contributed by atoms with E-state index in [4.69, 9.17) is 0 Å². The zero-order chi connectivity index (χ0) is 14.7. The average Bonchev–Trinajstić information content (AvgIpc) is 2.48. The Bertz CT molecular complexity index is 703. The van der Waals surface area contributed by atoms with Crippen molar-refractivity contribution in [1.29, 1.82) is 0 Å². The molecular weight excluding hydrogens is 256 g/mol. The van der Waals surface area contributed by atoms with E-state index in [2.05, 4.69) is 10.4 Å². The third kappa shape index (κ3) is 2.64. The van der Waals surface area contributed by atoms with Crippen LogP contribution in [0.1, 0.15) is 24.9 Å². The van der Waals surface area contributed by atoms with Crippen LogP contribution in [-0.2, 0) is 14.1 Å². The quantitative estimate of drug-likeness (QED) is 0.904. The average molecular weight is 274 g/mol. The molecule has 0 amide bonds. The molecule has 0 aliphatic carbocycles. The molecule has 1 N–H and O–H groups in total. The van der Waals surface area contributed by atoms with Gasteiger partial charge in [0.1, 0.15) is 0 Å². The zero-order valence-electron chi connectivity index (χ0n) is 11.8. The van der Waals surface area contributed by atoms with Crippen LogP contribution in [0.4, 0.5) is 5.82 Å². The van der Waals surface area contributed by atoms with Crippen molar-refractivity contribution in [3.05, 3.63) is 56.7 Å². The van der Waals surface area contributed by atoms with Crippen molar-refractivity contribution in [3.63, 3.8) is 0 Å². The lowest BCUT2D eigenvalue weighted by Gasteiger charge is -2.18. The van der Waals surface area contributed by atoms with E-state index in [0.29, 0.717) is 0 Å². The molecule has 0 aliphatic rings. The number of hydrogen-bond donors (Lipinski definition) is 1. The third-order valence-corrected chi connectivity index (χ3v) is 3.24. The van der Waals surface area contributed by atoms with Crippen LogP contribution in [0.3, 0.4) is 0 Å². The molecule has 20 heavy (non-hydrogen) atoms. The minimum Gasteiger partial charge on any atom is -0.357 e. The van der Waals surface area contributed by atoms with E-state index >= 15 is 0 Å². The Morgan fingerprint density at radius 2 is 1.85 bits per heavy atom. The molecule has 1 aromatic heterocycles. The lowest BCUT2D eigenvalue weighted by atomic mass is 10.1. The first-order valence-corrected chi connectivity index (χ1v) is 6.50. The van der Waals surface area contributed by atoms with Crippen LogP contribution in [0.5, 0.6) is 0 Å². The Balaban J connectivity index is 2.39. The molecule has 6 heteroatoms. The van der Waals surface area contributed by atoms with Crippen LogP contribution in [0, 0.1) is 0 Å². The third-order valence-electron chi connectivity index (χ3n) is 3.24. The number of nitrogens with one attached hydrogen (secondary N) is 1. The summed E-state index contributed by atoms with van der Waals surface area (Å²) in [5.74, 6) is 0.185. The summed E-state index contributed by atoms with van der Waals surface area (Å²) in [6, 6.07) is 9.81. The standard InChI is InChI=1S/C14H18N4O2/c1-4-11(10-8-6-5-7-9-10)15-12-13(19)17(2)14(20)18(3)16-12/h5-9,11H,4H2,1-3H3,(H,15,16). The highest BCUT2D eigenvalue weighted by molar-refractivity contribution is 5.35. The Morgan fingerprint density at radius 1 is 1.20 bits per heavy atom. The number of hydrogen-bond acceptors (Lipinski definition) is 4. The molecular formula is C14H18N4O2. The Hall–Kier alpha value is -2.37. The van der Waals surface area contributed by atoms with Gasteiger partial charge in [-0.3, -0.25) is 9.36 Å². The minimum atomic E-state index is -0.437. The molecule has 0 fully saturated rings. The van der Waals surface area contributed by atoms with Crippen LogP contribution < -0.4 is 16.6 Å². The molecule has 1 heterocycles. The first-order chi connectivity index (χ1) is 9.54. The molecule has 1 aromatic carbocycles. The maximum absolute atomic E-state index is 12.0. The fraction of sp³-hybridized carbons (Fsp3) is 0.357. The van der Waals surface area contributed by atoms with Crippen molar-refractivity contribution < 1.29 is 0 Å². The summed E-state index contributed by atoms with van der Waals surface area (Å²) in [6.45, 7) is 2.02. The first kappa shape index (κ1) is 14.0. The molecule has 106 valence electrons. The van der Waals surface area contributed by atoms with Crippen LogP contribution in [0.2, 0.25) is 0 Å². The van der Waals surface area contributed by atoms with Gasteiger partial charge in [0, 0.05) is 14.1 Å². The molecule has 2 aromatic rings. The van der Waals surface area contributed by atoms with Crippen molar-refractivity contribution >= 4 is 5.82 Å². The monoisotopic (exact) mass is 274 g/mol. The maximum atomic E-state index is 12.0. The number of rotatable bonds is 4. The molecule has 0 saturated heterocycles. The summed E-state index contributed by atoms with van der Waals surface area (Å²) >= 11 is 0. The highest BCUT2D eigenvalue weighted by Crippen LogP contribution is 2.19. The molecule has 0 saturated carbocycles. The number of benzene rings is 1. The highest BCUT2D eigenvalue weighted by Gasteiger charge is 2.14. The normalized spacial score (nSPS) is 12.2. The van der Waals surface area contributed by atoms with Gasteiger partial charge >= 0.3 is 5.69 Å². The van der Waals surface area contributed by atoms with Crippen molar-refractivity contribution in [3.8, 4) is 0 Å². The van der Waals surface area contributed by atoms with E-state index in [1.165, 1.54) is 14.1 Å². The lowest BCUT2D eigenvalue weighted by Crippen LogP contribution is -2.40. The topological polar surface area (TPSA) is 68.9 Å². The van der Waals surface area contributed by atoms with E-state index < -0.39 is 11.2 Å². The SMILES string of the molecule is CCC(Nc1nn(C)c(=O)n(C)c1=O)c1ccccc1. The van der Waals surface area contributed by atoms with E-state index in [1.807, 2.05) is 37.3 Å². The van der Waals surface area contributed by atoms with Gasteiger partial charge in [0.15, 0.2) is 0 Å². The number of nitrogens with zero attached hydrogens (tertiary/aromatic N) is 3. The molecule has 1 unspecified atom stereocenters. The van der Waals surface area contributed by atoms with Crippen LogP contribution in [-0.4, -0.2) is 14.3 Å².